The number of aryl methyl sites for hydroxylation is 1. The predicted molar refractivity (Wildman–Crippen MR) is 78.1 cm³/mol. The van der Waals surface area contributed by atoms with Crippen LogP contribution in [0.2, 0.25) is 0 Å². The molecule has 0 aromatic carbocycles. The topological polar surface area (TPSA) is 59.0 Å². The molecular weight excluding hydrogens is 296 g/mol. The highest BCUT2D eigenvalue weighted by Gasteiger charge is 2.07. The molecule has 1 aromatic rings. The van der Waals surface area contributed by atoms with Crippen molar-refractivity contribution in [3.05, 3.63) is 21.0 Å². The molecule has 0 atom stereocenters. The lowest BCUT2D eigenvalue weighted by atomic mass is 10.4. The molecule has 0 amide bonds. The number of aromatic nitrogens is 2. The molecule has 5 nitrogen and oxygen atoms in total. The first-order chi connectivity index (χ1) is 8.70. The van der Waals surface area contributed by atoms with Crippen LogP contribution < -0.4 is 16.2 Å². The van der Waals surface area contributed by atoms with E-state index in [1.165, 1.54) is 4.68 Å². The molecule has 18 heavy (non-hydrogen) atoms. The van der Waals surface area contributed by atoms with Gasteiger partial charge in [0, 0.05) is 13.1 Å². The van der Waals surface area contributed by atoms with E-state index in [0.29, 0.717) is 11.0 Å². The molecule has 6 heteroatoms. The van der Waals surface area contributed by atoms with Gasteiger partial charge in [0.15, 0.2) is 0 Å². The summed E-state index contributed by atoms with van der Waals surface area (Å²) in [6.07, 6.45) is 3.61. The maximum absolute atomic E-state index is 11.9. The van der Waals surface area contributed by atoms with Crippen LogP contribution in [-0.2, 0) is 6.54 Å². The van der Waals surface area contributed by atoms with E-state index in [1.807, 2.05) is 6.92 Å². The Morgan fingerprint density at radius 1 is 1.39 bits per heavy atom. The molecule has 0 aliphatic carbocycles. The van der Waals surface area contributed by atoms with Crippen molar-refractivity contribution in [1.29, 1.82) is 0 Å². The predicted octanol–water partition coefficient (Wildman–Crippen LogP) is 1.83. The van der Waals surface area contributed by atoms with E-state index in [0.717, 1.165) is 38.2 Å². The molecule has 0 spiro atoms. The van der Waals surface area contributed by atoms with E-state index in [1.54, 1.807) is 6.20 Å². The van der Waals surface area contributed by atoms with Gasteiger partial charge in [-0.3, -0.25) is 4.79 Å². The third-order valence-electron chi connectivity index (χ3n) is 2.52. The van der Waals surface area contributed by atoms with Crippen LogP contribution in [0.3, 0.4) is 0 Å². The first kappa shape index (κ1) is 15.2. The van der Waals surface area contributed by atoms with Gasteiger partial charge < -0.3 is 10.6 Å². The van der Waals surface area contributed by atoms with Crippen molar-refractivity contribution in [2.24, 2.45) is 0 Å². The molecule has 1 heterocycles. The Hall–Kier alpha value is -0.880. The monoisotopic (exact) mass is 316 g/mol. The Morgan fingerprint density at radius 2 is 2.17 bits per heavy atom. The second-order valence-corrected chi connectivity index (χ2v) is 4.83. The quantitative estimate of drug-likeness (QED) is 0.718. The van der Waals surface area contributed by atoms with Crippen molar-refractivity contribution < 1.29 is 0 Å². The van der Waals surface area contributed by atoms with Gasteiger partial charge in [-0.25, -0.2) is 4.68 Å². The SMILES string of the molecule is CCCn1ncc(NCCCNCC)c(Br)c1=O. The minimum absolute atomic E-state index is 0.0754. The van der Waals surface area contributed by atoms with Crippen LogP contribution in [0.4, 0.5) is 5.69 Å². The molecule has 1 rings (SSSR count). The average molecular weight is 317 g/mol. The lowest BCUT2D eigenvalue weighted by Crippen LogP contribution is -2.25. The molecule has 0 radical (unpaired) electrons. The maximum Gasteiger partial charge on any atom is 0.283 e. The Bertz CT molecular complexity index is 419. The second kappa shape index (κ2) is 8.26. The first-order valence-electron chi connectivity index (χ1n) is 6.40. The summed E-state index contributed by atoms with van der Waals surface area (Å²) in [5.74, 6) is 0. The van der Waals surface area contributed by atoms with Gasteiger partial charge in [0.25, 0.3) is 5.56 Å². The Labute approximate surface area is 116 Å². The van der Waals surface area contributed by atoms with E-state index in [9.17, 15) is 4.79 Å². The van der Waals surface area contributed by atoms with E-state index in [2.05, 4.69) is 38.6 Å². The summed E-state index contributed by atoms with van der Waals surface area (Å²) < 4.78 is 2.04. The third kappa shape index (κ3) is 4.42. The lowest BCUT2D eigenvalue weighted by Gasteiger charge is -2.10. The van der Waals surface area contributed by atoms with Crippen LogP contribution in [0.1, 0.15) is 26.7 Å². The average Bonchev–Trinajstić information content (AvgIpc) is 2.37. The Kier molecular flexibility index (Phi) is 6.97. The summed E-state index contributed by atoms with van der Waals surface area (Å²) in [6.45, 7) is 7.54. The smallest absolute Gasteiger partial charge is 0.283 e. The fraction of sp³-hybridized carbons (Fsp3) is 0.667. The highest BCUT2D eigenvalue weighted by atomic mass is 79.9. The number of hydrogen-bond donors (Lipinski definition) is 2. The molecule has 0 aliphatic rings. The van der Waals surface area contributed by atoms with Crippen LogP contribution in [-0.4, -0.2) is 29.4 Å². The van der Waals surface area contributed by atoms with Crippen molar-refractivity contribution in [2.75, 3.05) is 25.0 Å². The number of hydrogen-bond acceptors (Lipinski definition) is 4. The van der Waals surface area contributed by atoms with Crippen LogP contribution in [0.15, 0.2) is 15.5 Å². The van der Waals surface area contributed by atoms with Crippen molar-refractivity contribution in [3.63, 3.8) is 0 Å². The lowest BCUT2D eigenvalue weighted by molar-refractivity contribution is 0.565. The zero-order valence-corrected chi connectivity index (χ0v) is 12.6. The highest BCUT2D eigenvalue weighted by molar-refractivity contribution is 9.10. The standard InChI is InChI=1S/C12H21BrN4O/c1-3-8-17-12(18)11(13)10(9-16-17)15-7-5-6-14-4-2/h9,14-15H,3-8H2,1-2H3. The number of nitrogens with zero attached hydrogens (tertiary/aromatic N) is 2. The molecule has 0 aliphatic heterocycles. The number of rotatable bonds is 8. The maximum atomic E-state index is 11.9. The third-order valence-corrected chi connectivity index (χ3v) is 3.28. The molecule has 0 saturated carbocycles. The highest BCUT2D eigenvalue weighted by Crippen LogP contribution is 2.15. The van der Waals surface area contributed by atoms with Crippen LogP contribution >= 0.6 is 15.9 Å². The summed E-state index contributed by atoms with van der Waals surface area (Å²) in [4.78, 5) is 11.9. The molecule has 0 bridgehead atoms. The van der Waals surface area contributed by atoms with Crippen LogP contribution in [0.5, 0.6) is 0 Å². The minimum atomic E-state index is -0.0754. The zero-order chi connectivity index (χ0) is 13.4. The minimum Gasteiger partial charge on any atom is -0.383 e. The fourth-order valence-corrected chi connectivity index (χ4v) is 2.02. The van der Waals surface area contributed by atoms with Gasteiger partial charge in [-0.15, -0.1) is 0 Å². The van der Waals surface area contributed by atoms with Crippen molar-refractivity contribution in [3.8, 4) is 0 Å². The summed E-state index contributed by atoms with van der Waals surface area (Å²) in [6, 6.07) is 0. The van der Waals surface area contributed by atoms with Crippen LogP contribution in [0.25, 0.3) is 0 Å². The van der Waals surface area contributed by atoms with E-state index >= 15 is 0 Å². The molecule has 2 N–H and O–H groups in total. The molecule has 1 aromatic heterocycles. The van der Waals surface area contributed by atoms with Gasteiger partial charge in [-0.05, 0) is 41.9 Å². The van der Waals surface area contributed by atoms with E-state index in [-0.39, 0.29) is 5.56 Å². The van der Waals surface area contributed by atoms with Crippen LogP contribution in [0, 0.1) is 0 Å². The van der Waals surface area contributed by atoms with E-state index in [4.69, 9.17) is 0 Å². The first-order valence-corrected chi connectivity index (χ1v) is 7.20. The van der Waals surface area contributed by atoms with Crippen molar-refractivity contribution >= 4 is 21.6 Å². The largest absolute Gasteiger partial charge is 0.383 e. The van der Waals surface area contributed by atoms with Gasteiger partial charge in [-0.1, -0.05) is 13.8 Å². The van der Waals surface area contributed by atoms with Crippen molar-refractivity contribution in [2.45, 2.75) is 33.2 Å². The van der Waals surface area contributed by atoms with Gasteiger partial charge >= 0.3 is 0 Å². The Morgan fingerprint density at radius 3 is 2.83 bits per heavy atom. The molecule has 0 saturated heterocycles. The summed E-state index contributed by atoms with van der Waals surface area (Å²) in [5.41, 5.74) is 0.692. The number of anilines is 1. The number of halogens is 1. The van der Waals surface area contributed by atoms with E-state index < -0.39 is 0 Å². The zero-order valence-electron chi connectivity index (χ0n) is 11.0. The summed E-state index contributed by atoms with van der Waals surface area (Å²) in [7, 11) is 0. The number of nitrogens with one attached hydrogen (secondary N) is 2. The molecule has 102 valence electrons. The molecule has 0 fully saturated rings. The van der Waals surface area contributed by atoms with Gasteiger partial charge in [-0.2, -0.15) is 5.10 Å². The Balaban J connectivity index is 2.57. The van der Waals surface area contributed by atoms with Gasteiger partial charge in [0.2, 0.25) is 0 Å². The molecular formula is C12H21BrN4O. The summed E-state index contributed by atoms with van der Waals surface area (Å²) >= 11 is 3.33. The normalized spacial score (nSPS) is 10.6. The molecule has 0 unspecified atom stereocenters. The van der Waals surface area contributed by atoms with Gasteiger partial charge in [0.05, 0.1) is 11.9 Å². The van der Waals surface area contributed by atoms with Gasteiger partial charge in [0.1, 0.15) is 4.47 Å². The second-order valence-electron chi connectivity index (χ2n) is 4.03. The fourth-order valence-electron chi connectivity index (χ4n) is 1.57. The van der Waals surface area contributed by atoms with Crippen molar-refractivity contribution in [1.82, 2.24) is 15.1 Å². The summed E-state index contributed by atoms with van der Waals surface area (Å²) in [5, 5.41) is 10.6.